The van der Waals surface area contributed by atoms with Gasteiger partial charge < -0.3 is 19.9 Å². The van der Waals surface area contributed by atoms with E-state index in [1.54, 1.807) is 0 Å². The molecule has 4 aromatic heterocycles. The summed E-state index contributed by atoms with van der Waals surface area (Å²) in [6.07, 6.45) is 0. The fraction of sp³-hybridized carbons (Fsp3) is 0.457. The van der Waals surface area contributed by atoms with Gasteiger partial charge in [0.05, 0.1) is 0 Å². The molecule has 0 fully saturated rings. The molecule has 4 aromatic rings. The second-order valence-electron chi connectivity index (χ2n) is 15.5. The highest BCUT2D eigenvalue weighted by Crippen LogP contribution is 2.36. The van der Waals surface area contributed by atoms with Gasteiger partial charge in [0.1, 0.15) is 11.3 Å². The van der Waals surface area contributed by atoms with Gasteiger partial charge in [-0.25, -0.2) is 4.99 Å². The van der Waals surface area contributed by atoms with E-state index in [2.05, 4.69) is 145 Å². The number of fused-ring (bicyclic) bond motifs is 8. The molecular formula is C35H47N5. The third kappa shape index (κ3) is 5.07. The van der Waals surface area contributed by atoms with Crippen LogP contribution in [0.25, 0.3) is 16.7 Å². The molecule has 1 aliphatic heterocycles. The van der Waals surface area contributed by atoms with Gasteiger partial charge in [-0.2, -0.15) is 0 Å². The summed E-state index contributed by atoms with van der Waals surface area (Å²) in [4.78, 5) is 20.1. The standard InChI is InChI=1S/C35H47N5/c1-32(2,3)20-19-27-39-26-18-17-24(38-26)29(34(7,8)9)23-14-13-21(36-23)28(33(4,5)6)22-15-16-25(37-22)30(31(20)40-27)35(10,11)12/h13-19,36-37H,1-12H3,(H2,38,39,40). The Hall–Kier alpha value is -3.47. The number of hydrogen-bond donors (Lipinski definition) is 4. The monoisotopic (exact) mass is 537 g/mol. The molecule has 5 heteroatoms. The van der Waals surface area contributed by atoms with E-state index in [1.807, 2.05) is 0 Å². The molecule has 0 spiro atoms. The molecule has 0 saturated heterocycles. The van der Waals surface area contributed by atoms with E-state index < -0.39 is 0 Å². The van der Waals surface area contributed by atoms with E-state index in [4.69, 9.17) is 4.99 Å². The fourth-order valence-corrected chi connectivity index (χ4v) is 6.21. The van der Waals surface area contributed by atoms with Crippen molar-refractivity contribution in [2.24, 2.45) is 21.2 Å². The average Bonchev–Trinajstić information content (AvgIpc) is 3.54. The molecule has 0 unspecified atom stereocenters. The Morgan fingerprint density at radius 3 is 1.45 bits per heavy atom. The summed E-state index contributed by atoms with van der Waals surface area (Å²) in [7, 11) is 0. The van der Waals surface area contributed by atoms with Crippen molar-refractivity contribution in [2.75, 3.05) is 0 Å². The van der Waals surface area contributed by atoms with E-state index >= 15 is 0 Å². The van der Waals surface area contributed by atoms with Crippen molar-refractivity contribution in [3.8, 4) is 0 Å². The van der Waals surface area contributed by atoms with Gasteiger partial charge in [0.15, 0.2) is 0 Å². The highest BCUT2D eigenvalue weighted by Gasteiger charge is 2.29. The van der Waals surface area contributed by atoms with Gasteiger partial charge in [0.2, 0.25) is 0 Å². The molecule has 5 rings (SSSR count). The number of hydrogen-bond acceptors (Lipinski definition) is 1. The van der Waals surface area contributed by atoms with Crippen LogP contribution in [0.5, 0.6) is 0 Å². The largest absolute Gasteiger partial charge is 0.355 e. The molecule has 1 aliphatic rings. The van der Waals surface area contributed by atoms with Crippen LogP contribution < -0.4 is 21.5 Å². The van der Waals surface area contributed by atoms with Crippen molar-refractivity contribution in [2.45, 2.75) is 88.5 Å². The van der Waals surface area contributed by atoms with E-state index in [-0.39, 0.29) is 21.7 Å². The first-order valence-electron chi connectivity index (χ1n) is 14.5. The molecule has 212 valence electrons. The third-order valence-electron chi connectivity index (χ3n) is 7.74. The van der Waals surface area contributed by atoms with E-state index in [9.17, 15) is 0 Å². The van der Waals surface area contributed by atoms with Crippen molar-refractivity contribution in [1.82, 2.24) is 19.9 Å². The fourth-order valence-electron chi connectivity index (χ4n) is 6.21. The Morgan fingerprint density at radius 2 is 0.950 bits per heavy atom. The Labute approximate surface area is 238 Å². The van der Waals surface area contributed by atoms with Crippen molar-refractivity contribution in [1.29, 1.82) is 0 Å². The summed E-state index contributed by atoms with van der Waals surface area (Å²) in [6.45, 7) is 27.4. The van der Waals surface area contributed by atoms with Crippen LogP contribution in [-0.4, -0.2) is 19.9 Å². The van der Waals surface area contributed by atoms with Crippen LogP contribution in [-0.2, 0) is 5.41 Å². The van der Waals surface area contributed by atoms with Gasteiger partial charge in [-0.1, -0.05) is 83.1 Å². The Bertz CT molecular complexity index is 1820. The first-order valence-corrected chi connectivity index (χ1v) is 14.5. The van der Waals surface area contributed by atoms with E-state index in [0.717, 1.165) is 44.4 Å². The van der Waals surface area contributed by atoms with Gasteiger partial charge in [-0.05, 0) is 69.7 Å². The van der Waals surface area contributed by atoms with Gasteiger partial charge in [-0.15, -0.1) is 0 Å². The van der Waals surface area contributed by atoms with Crippen LogP contribution in [0.4, 0.5) is 5.82 Å². The van der Waals surface area contributed by atoms with Crippen molar-refractivity contribution < 1.29 is 0 Å². The number of aromatic nitrogens is 4. The SMILES string of the molecule is CC(C)(C)C1=c2ccc([nH]2)=C(C(C)(C)C)c2ccc([nH]2)C(C(C)(C)C)=c2[nH]c(cc2C(C)(C)C)=Nc2ccc1[nH]2. The van der Waals surface area contributed by atoms with E-state index in [1.165, 1.54) is 22.3 Å². The second-order valence-corrected chi connectivity index (χ2v) is 15.5. The molecule has 0 atom stereocenters. The quantitative estimate of drug-likeness (QED) is 0.203. The van der Waals surface area contributed by atoms with Crippen molar-refractivity contribution in [3.05, 3.63) is 86.6 Å². The molecule has 5 nitrogen and oxygen atoms in total. The lowest BCUT2D eigenvalue weighted by Crippen LogP contribution is -2.29. The minimum absolute atomic E-state index is 0.0639. The third-order valence-corrected chi connectivity index (χ3v) is 7.74. The van der Waals surface area contributed by atoms with Gasteiger partial charge in [-0.3, -0.25) is 0 Å². The molecule has 40 heavy (non-hydrogen) atoms. The number of aromatic amines is 4. The molecule has 8 bridgehead atoms. The minimum atomic E-state index is -0.118. The van der Waals surface area contributed by atoms with Crippen LogP contribution in [0.3, 0.4) is 0 Å². The van der Waals surface area contributed by atoms with E-state index in [0.29, 0.717) is 0 Å². The molecule has 0 amide bonds. The summed E-state index contributed by atoms with van der Waals surface area (Å²) >= 11 is 0. The summed E-state index contributed by atoms with van der Waals surface area (Å²) < 4.78 is 0. The minimum Gasteiger partial charge on any atom is -0.355 e. The maximum Gasteiger partial charge on any atom is 0.133 e. The van der Waals surface area contributed by atoms with Crippen LogP contribution in [0.15, 0.2) is 47.5 Å². The second kappa shape index (κ2) is 9.02. The van der Waals surface area contributed by atoms with Gasteiger partial charge >= 0.3 is 0 Å². The van der Waals surface area contributed by atoms with Crippen LogP contribution in [0.1, 0.15) is 106 Å². The molecule has 5 heterocycles. The highest BCUT2D eigenvalue weighted by atomic mass is 15.0. The predicted molar refractivity (Wildman–Crippen MR) is 167 cm³/mol. The average molecular weight is 538 g/mol. The lowest BCUT2D eigenvalue weighted by molar-refractivity contribution is 0.551. The van der Waals surface area contributed by atoms with Crippen molar-refractivity contribution >= 4 is 22.5 Å². The van der Waals surface area contributed by atoms with Crippen LogP contribution in [0, 0.1) is 16.2 Å². The maximum absolute atomic E-state index is 5.06. The van der Waals surface area contributed by atoms with Crippen LogP contribution >= 0.6 is 0 Å². The molecule has 0 saturated carbocycles. The zero-order valence-electron chi connectivity index (χ0n) is 26.5. The molecule has 4 N–H and O–H groups in total. The zero-order chi connectivity index (χ0) is 29.4. The summed E-state index contributed by atoms with van der Waals surface area (Å²) in [5.41, 5.74) is 8.87. The first kappa shape index (κ1) is 28.1. The topological polar surface area (TPSA) is 75.5 Å². The number of nitrogens with one attached hydrogen (secondary N) is 4. The molecule has 0 aromatic carbocycles. The summed E-state index contributed by atoms with van der Waals surface area (Å²) in [6, 6.07) is 15.4. The van der Waals surface area contributed by atoms with Crippen molar-refractivity contribution in [3.63, 3.8) is 0 Å². The maximum atomic E-state index is 5.06. The highest BCUT2D eigenvalue weighted by molar-refractivity contribution is 5.73. The number of nitrogens with zero attached hydrogens (tertiary/aromatic N) is 1. The van der Waals surface area contributed by atoms with Crippen LogP contribution in [0.2, 0.25) is 0 Å². The molecule has 0 aliphatic carbocycles. The van der Waals surface area contributed by atoms with Gasteiger partial charge in [0, 0.05) is 49.8 Å². The first-order chi connectivity index (χ1) is 18.3. The lowest BCUT2D eigenvalue weighted by Gasteiger charge is -2.25. The Morgan fingerprint density at radius 1 is 0.475 bits per heavy atom. The smallest absolute Gasteiger partial charge is 0.133 e. The Balaban J connectivity index is 2.02. The Kier molecular flexibility index (Phi) is 6.33. The summed E-state index contributed by atoms with van der Waals surface area (Å²) in [5, 5.41) is 3.40. The number of H-pyrrole nitrogens is 4. The zero-order valence-corrected chi connectivity index (χ0v) is 26.5. The predicted octanol–water partition coefficient (Wildman–Crippen LogP) is 6.30. The summed E-state index contributed by atoms with van der Waals surface area (Å²) in [5.74, 6) is 0.838. The lowest BCUT2D eigenvalue weighted by atomic mass is 9.80. The number of rotatable bonds is 0. The molecular weight excluding hydrogens is 490 g/mol. The normalized spacial score (nSPS) is 15.1. The molecule has 0 radical (unpaired) electrons. The van der Waals surface area contributed by atoms with Gasteiger partial charge in [0.25, 0.3) is 0 Å².